The first-order valence-electron chi connectivity index (χ1n) is 21.1. The second-order valence-electron chi connectivity index (χ2n) is 15.9. The molecule has 0 radical (unpaired) electrons. The SMILES string of the molecule is c1ccc(-c2ccc(-c3nc(-c4cc(-c5ccccc5)c5c(c4)sc4ccccc45)nc(-c4cccc5oc6cccc(-n7c8ccccc8c8ccccc87)c6c45)n3)cc2)cc1. The average Bonchev–Trinajstić information content (AvgIpc) is 4.04. The fourth-order valence-corrected chi connectivity index (χ4v) is 10.6. The molecule has 0 spiro atoms. The summed E-state index contributed by atoms with van der Waals surface area (Å²) in [7, 11) is 0. The van der Waals surface area contributed by atoms with E-state index >= 15 is 0 Å². The zero-order valence-electron chi connectivity index (χ0n) is 33.7. The van der Waals surface area contributed by atoms with Gasteiger partial charge in [0.25, 0.3) is 0 Å². The van der Waals surface area contributed by atoms with Crippen LogP contribution in [-0.4, -0.2) is 19.5 Å². The van der Waals surface area contributed by atoms with E-state index in [2.05, 4.69) is 193 Å². The van der Waals surface area contributed by atoms with Crippen LogP contribution in [-0.2, 0) is 0 Å². The number of hydrogen-bond donors (Lipinski definition) is 0. The fraction of sp³-hybridized carbons (Fsp3) is 0. The Morgan fingerprint density at radius 2 is 0.905 bits per heavy atom. The van der Waals surface area contributed by atoms with Crippen molar-refractivity contribution in [1.82, 2.24) is 19.5 Å². The third kappa shape index (κ3) is 5.73. The molecule has 0 bridgehead atoms. The lowest BCUT2D eigenvalue weighted by Gasteiger charge is -2.13. The molecule has 63 heavy (non-hydrogen) atoms. The first-order chi connectivity index (χ1) is 31.2. The van der Waals surface area contributed by atoms with Crippen LogP contribution in [0.3, 0.4) is 0 Å². The molecular formula is C57H34N4OS. The summed E-state index contributed by atoms with van der Waals surface area (Å²) in [5.41, 5.74) is 12.1. The van der Waals surface area contributed by atoms with E-state index in [4.69, 9.17) is 19.4 Å². The molecule has 0 aliphatic carbocycles. The Kier molecular flexibility index (Phi) is 8.01. The largest absolute Gasteiger partial charge is 0.456 e. The van der Waals surface area contributed by atoms with Crippen LogP contribution in [0, 0.1) is 0 Å². The standard InChI is InChI=1S/C57H34N4OS/c1-3-15-35(16-4-1)36-29-31-38(32-30-36)55-58-56(39-33-44(37-17-5-2-6-18-37)52-42-21-9-12-28-50(42)63-51(52)34-39)60-57(59-55)43-22-13-26-48-53(43)54-47(25-14-27-49(54)62-48)61-45-23-10-7-19-40(45)41-20-8-11-24-46(41)61/h1-34H. The number of benzene rings is 9. The van der Waals surface area contributed by atoms with Gasteiger partial charge in [0.15, 0.2) is 17.5 Å². The van der Waals surface area contributed by atoms with Crippen LogP contribution in [0.4, 0.5) is 0 Å². The van der Waals surface area contributed by atoms with E-state index in [1.807, 2.05) is 18.2 Å². The molecule has 9 aromatic carbocycles. The second-order valence-corrected chi connectivity index (χ2v) is 17.0. The van der Waals surface area contributed by atoms with Crippen molar-refractivity contribution in [2.45, 2.75) is 0 Å². The Morgan fingerprint density at radius 3 is 1.63 bits per heavy atom. The van der Waals surface area contributed by atoms with Gasteiger partial charge in [-0.15, -0.1) is 11.3 Å². The third-order valence-electron chi connectivity index (χ3n) is 12.3. The number of aromatic nitrogens is 4. The second kappa shape index (κ2) is 14.2. The van der Waals surface area contributed by atoms with Gasteiger partial charge in [-0.2, -0.15) is 0 Å². The van der Waals surface area contributed by atoms with Crippen LogP contribution in [0.1, 0.15) is 0 Å². The van der Waals surface area contributed by atoms with Crippen molar-refractivity contribution in [3.63, 3.8) is 0 Å². The highest BCUT2D eigenvalue weighted by atomic mass is 32.1. The summed E-state index contributed by atoms with van der Waals surface area (Å²) in [6, 6.07) is 72.5. The monoisotopic (exact) mass is 822 g/mol. The van der Waals surface area contributed by atoms with Gasteiger partial charge in [0.2, 0.25) is 0 Å². The molecule has 0 fully saturated rings. The molecule has 294 valence electrons. The molecule has 0 aliphatic heterocycles. The molecule has 6 heteroatoms. The van der Waals surface area contributed by atoms with Gasteiger partial charge in [-0.25, -0.2) is 15.0 Å². The number of para-hydroxylation sites is 2. The van der Waals surface area contributed by atoms with Crippen molar-refractivity contribution in [3.05, 3.63) is 206 Å². The maximum atomic E-state index is 6.72. The van der Waals surface area contributed by atoms with Crippen molar-refractivity contribution in [2.75, 3.05) is 0 Å². The number of thiophene rings is 1. The number of furan rings is 1. The molecule has 0 saturated heterocycles. The molecule has 4 heterocycles. The lowest BCUT2D eigenvalue weighted by atomic mass is 9.97. The van der Waals surface area contributed by atoms with Gasteiger partial charge < -0.3 is 8.98 Å². The van der Waals surface area contributed by atoms with Crippen LogP contribution in [0.25, 0.3) is 126 Å². The topological polar surface area (TPSA) is 56.7 Å². The minimum Gasteiger partial charge on any atom is -0.456 e. The van der Waals surface area contributed by atoms with Crippen molar-refractivity contribution < 1.29 is 4.42 Å². The number of hydrogen-bond acceptors (Lipinski definition) is 5. The Balaban J connectivity index is 1.08. The van der Waals surface area contributed by atoms with Crippen LogP contribution < -0.4 is 0 Å². The maximum absolute atomic E-state index is 6.72. The first kappa shape index (κ1) is 35.6. The van der Waals surface area contributed by atoms with Gasteiger partial charge in [0, 0.05) is 53.0 Å². The summed E-state index contributed by atoms with van der Waals surface area (Å²) < 4.78 is 11.5. The molecule has 0 aliphatic rings. The van der Waals surface area contributed by atoms with Crippen molar-refractivity contribution in [2.24, 2.45) is 0 Å². The summed E-state index contributed by atoms with van der Waals surface area (Å²) in [5, 5.41) is 6.85. The van der Waals surface area contributed by atoms with Crippen LogP contribution in [0.2, 0.25) is 0 Å². The van der Waals surface area contributed by atoms with Gasteiger partial charge in [-0.3, -0.25) is 0 Å². The summed E-state index contributed by atoms with van der Waals surface area (Å²) in [4.78, 5) is 16.1. The molecule has 13 aromatic rings. The van der Waals surface area contributed by atoms with E-state index in [0.29, 0.717) is 17.5 Å². The fourth-order valence-electron chi connectivity index (χ4n) is 9.43. The van der Waals surface area contributed by atoms with Gasteiger partial charge in [-0.05, 0) is 70.8 Å². The van der Waals surface area contributed by atoms with Crippen molar-refractivity contribution in [3.8, 4) is 62.1 Å². The highest BCUT2D eigenvalue weighted by Gasteiger charge is 2.23. The average molecular weight is 823 g/mol. The predicted molar refractivity (Wildman–Crippen MR) is 262 cm³/mol. The molecule has 0 amide bonds. The minimum absolute atomic E-state index is 0.574. The Bertz CT molecular complexity index is 3850. The lowest BCUT2D eigenvalue weighted by molar-refractivity contribution is 0.669. The summed E-state index contributed by atoms with van der Waals surface area (Å²) in [5.74, 6) is 1.77. The zero-order chi connectivity index (χ0) is 41.4. The van der Waals surface area contributed by atoms with Crippen LogP contribution in [0.15, 0.2) is 211 Å². The summed E-state index contributed by atoms with van der Waals surface area (Å²) >= 11 is 1.80. The number of fused-ring (bicyclic) bond motifs is 9. The minimum atomic E-state index is 0.574. The molecule has 0 N–H and O–H groups in total. The molecule has 0 saturated carbocycles. The van der Waals surface area contributed by atoms with E-state index in [-0.39, 0.29) is 0 Å². The van der Waals surface area contributed by atoms with Crippen LogP contribution in [0.5, 0.6) is 0 Å². The molecule has 4 aromatic heterocycles. The highest BCUT2D eigenvalue weighted by Crippen LogP contribution is 2.45. The van der Waals surface area contributed by atoms with Crippen LogP contribution >= 0.6 is 11.3 Å². The normalized spacial score (nSPS) is 11.8. The van der Waals surface area contributed by atoms with E-state index in [9.17, 15) is 0 Å². The maximum Gasteiger partial charge on any atom is 0.164 e. The molecular weight excluding hydrogens is 789 g/mol. The quantitative estimate of drug-likeness (QED) is 0.168. The van der Waals surface area contributed by atoms with E-state index in [0.717, 1.165) is 77.6 Å². The lowest BCUT2D eigenvalue weighted by Crippen LogP contribution is -2.01. The Morgan fingerprint density at radius 1 is 0.349 bits per heavy atom. The third-order valence-corrected chi connectivity index (χ3v) is 13.4. The number of nitrogens with zero attached hydrogens (tertiary/aromatic N) is 4. The Hall–Kier alpha value is -8.19. The molecule has 5 nitrogen and oxygen atoms in total. The van der Waals surface area contributed by atoms with Crippen molar-refractivity contribution >= 4 is 75.3 Å². The predicted octanol–water partition coefficient (Wildman–Crippen LogP) is 15.6. The zero-order valence-corrected chi connectivity index (χ0v) is 34.6. The van der Waals surface area contributed by atoms with E-state index in [1.165, 1.54) is 30.9 Å². The van der Waals surface area contributed by atoms with Gasteiger partial charge >= 0.3 is 0 Å². The van der Waals surface area contributed by atoms with Gasteiger partial charge in [0.05, 0.1) is 22.1 Å². The van der Waals surface area contributed by atoms with Gasteiger partial charge in [0.1, 0.15) is 11.2 Å². The molecule has 13 rings (SSSR count). The van der Waals surface area contributed by atoms with Crippen molar-refractivity contribution in [1.29, 1.82) is 0 Å². The summed E-state index contributed by atoms with van der Waals surface area (Å²) in [6.07, 6.45) is 0. The Labute approximate surface area is 365 Å². The molecule has 0 unspecified atom stereocenters. The first-order valence-corrected chi connectivity index (χ1v) is 21.9. The smallest absolute Gasteiger partial charge is 0.164 e. The molecule has 0 atom stereocenters. The highest BCUT2D eigenvalue weighted by molar-refractivity contribution is 7.26. The number of rotatable bonds is 6. The van der Waals surface area contributed by atoms with Gasteiger partial charge in [-0.1, -0.05) is 158 Å². The van der Waals surface area contributed by atoms with E-state index in [1.54, 1.807) is 11.3 Å². The van der Waals surface area contributed by atoms with E-state index < -0.39 is 0 Å². The summed E-state index contributed by atoms with van der Waals surface area (Å²) in [6.45, 7) is 0.